The molecule has 23 heavy (non-hydrogen) atoms. The van der Waals surface area contributed by atoms with Gasteiger partial charge in [-0.2, -0.15) is 17.0 Å². The minimum Gasteiger partial charge on any atom is -0.464 e. The minimum absolute atomic E-state index is 0.162. The maximum Gasteiger partial charge on any atom is 0.282 e. The third-order valence-corrected chi connectivity index (χ3v) is 7.40. The summed E-state index contributed by atoms with van der Waals surface area (Å²) in [5, 5.41) is 0. The molecule has 1 aliphatic heterocycles. The molecule has 0 radical (unpaired) electrons. The predicted octanol–water partition coefficient (Wildman–Crippen LogP) is 3.10. The summed E-state index contributed by atoms with van der Waals surface area (Å²) >= 11 is 0. The molecule has 2 aliphatic carbocycles. The average molecular weight is 338 g/mol. The summed E-state index contributed by atoms with van der Waals surface area (Å²) in [5.41, 5.74) is 0. The van der Waals surface area contributed by atoms with E-state index in [0.717, 1.165) is 43.6 Å². The highest BCUT2D eigenvalue weighted by atomic mass is 32.2. The molecule has 0 N–H and O–H groups in total. The number of nitrogens with zero attached hydrogens (tertiary/aromatic N) is 2. The van der Waals surface area contributed by atoms with Gasteiger partial charge < -0.3 is 4.42 Å². The Labute approximate surface area is 138 Å². The van der Waals surface area contributed by atoms with Crippen molar-refractivity contribution in [3.63, 3.8) is 0 Å². The first-order valence-electron chi connectivity index (χ1n) is 8.91. The second kappa shape index (κ2) is 5.90. The Kier molecular flexibility index (Phi) is 4.02. The van der Waals surface area contributed by atoms with Crippen molar-refractivity contribution in [2.45, 2.75) is 64.0 Å². The highest BCUT2D eigenvalue weighted by Gasteiger charge is 2.42. The third-order valence-electron chi connectivity index (χ3n) is 5.36. The largest absolute Gasteiger partial charge is 0.464 e. The van der Waals surface area contributed by atoms with Crippen molar-refractivity contribution < 1.29 is 12.8 Å². The molecule has 0 spiro atoms. The summed E-state index contributed by atoms with van der Waals surface area (Å²) in [7, 11) is -3.36. The van der Waals surface area contributed by atoms with Crippen molar-refractivity contribution in [1.29, 1.82) is 0 Å². The SMILES string of the molecule is C[C@H]1C[C@@H]1c1ccc(CN(C2CC2)S(=O)(=O)N2CCCCC2)o1. The van der Waals surface area contributed by atoms with Crippen LogP contribution < -0.4 is 0 Å². The smallest absolute Gasteiger partial charge is 0.282 e. The molecule has 0 unspecified atom stereocenters. The maximum atomic E-state index is 13.0. The van der Waals surface area contributed by atoms with Crippen molar-refractivity contribution in [2.75, 3.05) is 13.1 Å². The molecule has 1 aromatic rings. The van der Waals surface area contributed by atoms with E-state index in [9.17, 15) is 8.42 Å². The first kappa shape index (κ1) is 15.7. The fourth-order valence-electron chi connectivity index (χ4n) is 3.56. The quantitative estimate of drug-likeness (QED) is 0.801. The zero-order valence-corrected chi connectivity index (χ0v) is 14.6. The van der Waals surface area contributed by atoms with Gasteiger partial charge in [-0.15, -0.1) is 0 Å². The van der Waals surface area contributed by atoms with Crippen LogP contribution >= 0.6 is 0 Å². The zero-order chi connectivity index (χ0) is 16.0. The number of rotatable bonds is 6. The van der Waals surface area contributed by atoms with Crippen molar-refractivity contribution in [3.8, 4) is 0 Å². The molecule has 128 valence electrons. The van der Waals surface area contributed by atoms with Gasteiger partial charge >= 0.3 is 0 Å². The highest BCUT2D eigenvalue weighted by Crippen LogP contribution is 2.47. The Morgan fingerprint density at radius 2 is 1.91 bits per heavy atom. The molecule has 0 bridgehead atoms. The van der Waals surface area contributed by atoms with Crippen LogP contribution in [0.1, 0.15) is 62.9 Å². The van der Waals surface area contributed by atoms with E-state index in [-0.39, 0.29) is 6.04 Å². The molecule has 5 nitrogen and oxygen atoms in total. The van der Waals surface area contributed by atoms with E-state index in [2.05, 4.69) is 6.92 Å². The number of furan rings is 1. The van der Waals surface area contributed by atoms with Gasteiger partial charge in [0.2, 0.25) is 0 Å². The molecular weight excluding hydrogens is 312 g/mol. The molecule has 0 amide bonds. The van der Waals surface area contributed by atoms with Gasteiger partial charge in [-0.05, 0) is 50.2 Å². The van der Waals surface area contributed by atoms with E-state index in [1.54, 1.807) is 8.61 Å². The van der Waals surface area contributed by atoms with Crippen LogP contribution in [0.5, 0.6) is 0 Å². The van der Waals surface area contributed by atoms with E-state index < -0.39 is 10.2 Å². The van der Waals surface area contributed by atoms with E-state index in [1.165, 1.54) is 6.42 Å². The lowest BCUT2D eigenvalue weighted by molar-refractivity contribution is 0.283. The van der Waals surface area contributed by atoms with Crippen LogP contribution in [-0.2, 0) is 16.8 Å². The lowest BCUT2D eigenvalue weighted by Crippen LogP contribution is -2.46. The molecular formula is C17H26N2O3S. The molecule has 1 saturated heterocycles. The second-order valence-corrected chi connectivity index (χ2v) is 9.25. The third kappa shape index (κ3) is 3.21. The van der Waals surface area contributed by atoms with E-state index in [0.29, 0.717) is 31.5 Å². The van der Waals surface area contributed by atoms with Gasteiger partial charge in [0.1, 0.15) is 11.5 Å². The Morgan fingerprint density at radius 3 is 2.52 bits per heavy atom. The van der Waals surface area contributed by atoms with Crippen molar-refractivity contribution in [2.24, 2.45) is 5.92 Å². The molecule has 2 atom stereocenters. The van der Waals surface area contributed by atoms with Crippen LogP contribution in [0.4, 0.5) is 0 Å². The molecule has 0 aromatic carbocycles. The first-order chi connectivity index (χ1) is 11.1. The Morgan fingerprint density at radius 1 is 1.22 bits per heavy atom. The van der Waals surface area contributed by atoms with Gasteiger partial charge in [-0.1, -0.05) is 13.3 Å². The Balaban J connectivity index is 1.50. The molecule has 2 heterocycles. The molecule has 1 aromatic heterocycles. The Hall–Kier alpha value is -0.850. The van der Waals surface area contributed by atoms with Gasteiger partial charge in [0.15, 0.2) is 0 Å². The summed E-state index contributed by atoms with van der Waals surface area (Å²) in [6.45, 7) is 3.93. The van der Waals surface area contributed by atoms with Crippen molar-refractivity contribution in [1.82, 2.24) is 8.61 Å². The Bertz CT molecular complexity index is 659. The standard InChI is InChI=1S/C17H26N2O3S/c1-13-11-16(13)17-8-7-15(22-17)12-19(14-5-6-14)23(20,21)18-9-3-2-4-10-18/h7-8,13-14,16H,2-6,9-12H2,1H3/t13-,16-/m0/s1. The summed E-state index contributed by atoms with van der Waals surface area (Å²) in [6, 6.07) is 4.15. The summed E-state index contributed by atoms with van der Waals surface area (Å²) in [5.74, 6) is 3.05. The molecule has 2 saturated carbocycles. The van der Waals surface area contributed by atoms with E-state index >= 15 is 0 Å². The lowest BCUT2D eigenvalue weighted by Gasteiger charge is -2.31. The highest BCUT2D eigenvalue weighted by molar-refractivity contribution is 7.86. The molecule has 6 heteroatoms. The first-order valence-corrected chi connectivity index (χ1v) is 10.3. The fraction of sp³-hybridized carbons (Fsp3) is 0.765. The van der Waals surface area contributed by atoms with Gasteiger partial charge in [-0.25, -0.2) is 0 Å². The zero-order valence-electron chi connectivity index (χ0n) is 13.8. The van der Waals surface area contributed by atoms with Crippen molar-refractivity contribution >= 4 is 10.2 Å². The normalized spacial score (nSPS) is 29.1. The number of hydrogen-bond donors (Lipinski definition) is 0. The van der Waals surface area contributed by atoms with Crippen LogP contribution in [0.2, 0.25) is 0 Å². The van der Waals surface area contributed by atoms with Gasteiger partial charge in [0.25, 0.3) is 10.2 Å². The monoisotopic (exact) mass is 338 g/mol. The average Bonchev–Trinajstić information content (AvgIpc) is 3.47. The van der Waals surface area contributed by atoms with Crippen LogP contribution in [0, 0.1) is 5.92 Å². The van der Waals surface area contributed by atoms with Gasteiger partial charge in [0.05, 0.1) is 6.54 Å². The minimum atomic E-state index is -3.36. The number of hydrogen-bond acceptors (Lipinski definition) is 3. The second-order valence-electron chi connectivity index (χ2n) is 7.37. The van der Waals surface area contributed by atoms with E-state index in [4.69, 9.17) is 4.42 Å². The molecule has 3 aliphatic rings. The number of piperidine rings is 1. The lowest BCUT2D eigenvalue weighted by atomic mass is 10.2. The van der Waals surface area contributed by atoms with Crippen molar-refractivity contribution in [3.05, 3.63) is 23.7 Å². The van der Waals surface area contributed by atoms with E-state index in [1.807, 2.05) is 12.1 Å². The summed E-state index contributed by atoms with van der Waals surface area (Å²) in [6.07, 6.45) is 6.22. The fourth-order valence-corrected chi connectivity index (χ4v) is 5.45. The van der Waals surface area contributed by atoms with Gasteiger partial charge in [0, 0.05) is 25.0 Å². The van der Waals surface area contributed by atoms with Crippen LogP contribution in [-0.4, -0.2) is 36.2 Å². The molecule has 3 fully saturated rings. The van der Waals surface area contributed by atoms with Crippen LogP contribution in [0.15, 0.2) is 16.5 Å². The van der Waals surface area contributed by atoms with Crippen LogP contribution in [0.3, 0.4) is 0 Å². The maximum absolute atomic E-state index is 13.0. The predicted molar refractivity (Wildman–Crippen MR) is 88.1 cm³/mol. The topological polar surface area (TPSA) is 53.8 Å². The van der Waals surface area contributed by atoms with Gasteiger partial charge in [-0.3, -0.25) is 0 Å². The molecule has 4 rings (SSSR count). The summed E-state index contributed by atoms with van der Waals surface area (Å²) in [4.78, 5) is 0. The van der Waals surface area contributed by atoms with Crippen LogP contribution in [0.25, 0.3) is 0 Å². The summed E-state index contributed by atoms with van der Waals surface area (Å²) < 4.78 is 35.3.